The Hall–Kier alpha value is -2.04. The Bertz CT molecular complexity index is 529. The molecular formula is C17H23NO4. The van der Waals surface area contributed by atoms with Crippen LogP contribution in [0.25, 0.3) is 0 Å². The van der Waals surface area contributed by atoms with Gasteiger partial charge in [-0.15, -0.1) is 0 Å². The lowest BCUT2D eigenvalue weighted by Gasteiger charge is -2.23. The Labute approximate surface area is 130 Å². The molecule has 0 radical (unpaired) electrons. The van der Waals surface area contributed by atoms with Crippen molar-refractivity contribution in [1.29, 1.82) is 0 Å². The molecule has 1 aliphatic heterocycles. The number of nitrogens with zero attached hydrogens (tertiary/aromatic N) is 1. The second-order valence-corrected chi connectivity index (χ2v) is 5.65. The molecule has 1 aromatic carbocycles. The van der Waals surface area contributed by atoms with E-state index < -0.39 is 5.97 Å². The van der Waals surface area contributed by atoms with E-state index in [0.717, 1.165) is 30.6 Å². The highest BCUT2D eigenvalue weighted by Crippen LogP contribution is 2.22. The molecule has 5 nitrogen and oxygen atoms in total. The third-order valence-electron chi connectivity index (χ3n) is 3.83. The average Bonchev–Trinajstić information content (AvgIpc) is 2.93. The molecule has 5 heteroatoms. The Balaban J connectivity index is 1.97. The lowest BCUT2D eigenvalue weighted by Crippen LogP contribution is -2.37. The quantitative estimate of drug-likeness (QED) is 0.840. The first-order chi connectivity index (χ1) is 10.6. The molecule has 0 spiro atoms. The standard InChI is InChI=1S/C17H23NO4/c1-2-9-22-15-7-3-5-13(10-15)11-16(19)18-8-4-6-14(18)12-17(20)21/h3,5,7,10,14H,2,4,6,8-9,11-12H2,1H3,(H,20,21). The zero-order valence-corrected chi connectivity index (χ0v) is 13.0. The number of amides is 1. The van der Waals surface area contributed by atoms with Gasteiger partial charge < -0.3 is 14.7 Å². The van der Waals surface area contributed by atoms with Gasteiger partial charge in [0, 0.05) is 12.6 Å². The Kier molecular flexibility index (Phi) is 5.81. The highest BCUT2D eigenvalue weighted by Gasteiger charge is 2.30. The summed E-state index contributed by atoms with van der Waals surface area (Å²) in [5, 5.41) is 8.93. The SMILES string of the molecule is CCCOc1cccc(CC(=O)N2CCCC2CC(=O)O)c1. The number of rotatable bonds is 7. The number of hydrogen-bond donors (Lipinski definition) is 1. The molecular weight excluding hydrogens is 282 g/mol. The molecule has 120 valence electrons. The number of ether oxygens (including phenoxy) is 1. The van der Waals surface area contributed by atoms with Crippen LogP contribution in [0, 0.1) is 0 Å². The number of hydrogen-bond acceptors (Lipinski definition) is 3. The topological polar surface area (TPSA) is 66.8 Å². The van der Waals surface area contributed by atoms with E-state index in [1.165, 1.54) is 0 Å². The summed E-state index contributed by atoms with van der Waals surface area (Å²) in [6, 6.07) is 7.39. The molecule has 1 atom stereocenters. The number of carboxylic acid groups (broad SMARTS) is 1. The lowest BCUT2D eigenvalue weighted by atomic mass is 10.1. The molecule has 1 fully saturated rings. The minimum atomic E-state index is -0.848. The van der Waals surface area contributed by atoms with Gasteiger partial charge in [-0.25, -0.2) is 0 Å². The van der Waals surface area contributed by atoms with Crippen LogP contribution >= 0.6 is 0 Å². The molecule has 2 rings (SSSR count). The van der Waals surface area contributed by atoms with Crippen molar-refractivity contribution in [2.24, 2.45) is 0 Å². The maximum absolute atomic E-state index is 12.4. The normalized spacial score (nSPS) is 17.5. The van der Waals surface area contributed by atoms with Gasteiger partial charge in [-0.1, -0.05) is 19.1 Å². The smallest absolute Gasteiger partial charge is 0.305 e. The van der Waals surface area contributed by atoms with Gasteiger partial charge in [-0.2, -0.15) is 0 Å². The van der Waals surface area contributed by atoms with Crippen LogP contribution in [0.2, 0.25) is 0 Å². The minimum absolute atomic E-state index is 0.00334. The molecule has 0 bridgehead atoms. The minimum Gasteiger partial charge on any atom is -0.494 e. The van der Waals surface area contributed by atoms with E-state index in [0.29, 0.717) is 19.6 Å². The molecule has 1 heterocycles. The highest BCUT2D eigenvalue weighted by atomic mass is 16.5. The van der Waals surface area contributed by atoms with Crippen molar-refractivity contribution >= 4 is 11.9 Å². The number of likely N-dealkylation sites (tertiary alicyclic amines) is 1. The van der Waals surface area contributed by atoms with E-state index in [4.69, 9.17) is 9.84 Å². The Morgan fingerprint density at radius 2 is 2.23 bits per heavy atom. The first-order valence-electron chi connectivity index (χ1n) is 7.83. The molecule has 1 aliphatic rings. The van der Waals surface area contributed by atoms with Crippen molar-refractivity contribution in [1.82, 2.24) is 4.90 Å². The van der Waals surface area contributed by atoms with Crippen molar-refractivity contribution in [2.45, 2.75) is 45.1 Å². The van der Waals surface area contributed by atoms with Crippen LogP contribution in [0.4, 0.5) is 0 Å². The Morgan fingerprint density at radius 3 is 2.95 bits per heavy atom. The monoisotopic (exact) mass is 305 g/mol. The van der Waals surface area contributed by atoms with E-state index in [-0.39, 0.29) is 18.4 Å². The largest absolute Gasteiger partial charge is 0.494 e. The molecule has 1 N–H and O–H groups in total. The number of aliphatic carboxylic acids is 1. The van der Waals surface area contributed by atoms with E-state index in [1.54, 1.807) is 4.90 Å². The molecule has 1 unspecified atom stereocenters. The predicted molar refractivity (Wildman–Crippen MR) is 82.9 cm³/mol. The zero-order valence-electron chi connectivity index (χ0n) is 13.0. The number of carbonyl (C=O) groups excluding carboxylic acids is 1. The summed E-state index contributed by atoms with van der Waals surface area (Å²) < 4.78 is 5.57. The third kappa shape index (κ3) is 4.48. The van der Waals surface area contributed by atoms with Crippen LogP contribution in [0.3, 0.4) is 0 Å². The molecule has 0 saturated carbocycles. The van der Waals surface area contributed by atoms with Crippen molar-refractivity contribution in [3.63, 3.8) is 0 Å². The molecule has 0 aromatic heterocycles. The summed E-state index contributed by atoms with van der Waals surface area (Å²) in [6.07, 6.45) is 2.92. The maximum Gasteiger partial charge on any atom is 0.305 e. The second-order valence-electron chi connectivity index (χ2n) is 5.65. The molecule has 1 saturated heterocycles. The fraction of sp³-hybridized carbons (Fsp3) is 0.529. The lowest BCUT2D eigenvalue weighted by molar-refractivity contribution is -0.139. The van der Waals surface area contributed by atoms with Gasteiger partial charge in [0.15, 0.2) is 0 Å². The maximum atomic E-state index is 12.4. The van der Waals surface area contributed by atoms with Crippen LogP contribution in [-0.4, -0.2) is 41.1 Å². The summed E-state index contributed by atoms with van der Waals surface area (Å²) in [5.74, 6) is -0.0771. The van der Waals surface area contributed by atoms with Gasteiger partial charge in [-0.05, 0) is 37.0 Å². The van der Waals surface area contributed by atoms with E-state index >= 15 is 0 Å². The van der Waals surface area contributed by atoms with Crippen LogP contribution in [0.5, 0.6) is 5.75 Å². The molecule has 1 amide bonds. The van der Waals surface area contributed by atoms with Gasteiger partial charge in [0.2, 0.25) is 5.91 Å². The van der Waals surface area contributed by atoms with Crippen LogP contribution in [0.15, 0.2) is 24.3 Å². The van der Waals surface area contributed by atoms with E-state index in [1.807, 2.05) is 31.2 Å². The third-order valence-corrected chi connectivity index (χ3v) is 3.83. The Morgan fingerprint density at radius 1 is 1.41 bits per heavy atom. The van der Waals surface area contributed by atoms with Crippen molar-refractivity contribution in [3.8, 4) is 5.75 Å². The van der Waals surface area contributed by atoms with Crippen LogP contribution < -0.4 is 4.74 Å². The first-order valence-corrected chi connectivity index (χ1v) is 7.83. The summed E-state index contributed by atoms with van der Waals surface area (Å²) in [5.41, 5.74) is 0.902. The van der Waals surface area contributed by atoms with Gasteiger partial charge in [-0.3, -0.25) is 9.59 Å². The predicted octanol–water partition coefficient (Wildman–Crippen LogP) is 2.48. The van der Waals surface area contributed by atoms with Gasteiger partial charge in [0.05, 0.1) is 19.4 Å². The van der Waals surface area contributed by atoms with Crippen LogP contribution in [-0.2, 0) is 16.0 Å². The fourth-order valence-corrected chi connectivity index (χ4v) is 2.82. The number of carbonyl (C=O) groups is 2. The van der Waals surface area contributed by atoms with E-state index in [2.05, 4.69) is 0 Å². The number of benzene rings is 1. The van der Waals surface area contributed by atoms with Gasteiger partial charge in [0.1, 0.15) is 5.75 Å². The molecule has 1 aromatic rings. The first kappa shape index (κ1) is 16.3. The molecule has 0 aliphatic carbocycles. The van der Waals surface area contributed by atoms with Gasteiger partial charge >= 0.3 is 5.97 Å². The fourth-order valence-electron chi connectivity index (χ4n) is 2.82. The van der Waals surface area contributed by atoms with Crippen molar-refractivity contribution < 1.29 is 19.4 Å². The summed E-state index contributed by atoms with van der Waals surface area (Å²) in [6.45, 7) is 3.36. The van der Waals surface area contributed by atoms with Crippen molar-refractivity contribution in [3.05, 3.63) is 29.8 Å². The van der Waals surface area contributed by atoms with Crippen molar-refractivity contribution in [2.75, 3.05) is 13.2 Å². The van der Waals surface area contributed by atoms with Crippen LogP contribution in [0.1, 0.15) is 38.2 Å². The van der Waals surface area contributed by atoms with Gasteiger partial charge in [0.25, 0.3) is 0 Å². The highest BCUT2D eigenvalue weighted by molar-refractivity contribution is 5.80. The summed E-state index contributed by atoms with van der Waals surface area (Å²) in [7, 11) is 0. The molecule has 22 heavy (non-hydrogen) atoms. The van der Waals surface area contributed by atoms with E-state index in [9.17, 15) is 9.59 Å². The summed E-state index contributed by atoms with van der Waals surface area (Å²) >= 11 is 0. The number of carboxylic acids is 1. The summed E-state index contributed by atoms with van der Waals surface area (Å²) in [4.78, 5) is 25.0. The second kappa shape index (κ2) is 7.82. The average molecular weight is 305 g/mol. The zero-order chi connectivity index (χ0) is 15.9.